The Hall–Kier alpha value is -2.54. The highest BCUT2D eigenvalue weighted by Gasteiger charge is 2.28. The summed E-state index contributed by atoms with van der Waals surface area (Å²) in [5.41, 5.74) is 2.60. The molecule has 2 aromatic rings. The molecule has 1 amide bonds. The van der Waals surface area contributed by atoms with Crippen LogP contribution in [0.1, 0.15) is 38.5 Å². The maximum absolute atomic E-state index is 12.4. The molecule has 0 saturated carbocycles. The van der Waals surface area contributed by atoms with Gasteiger partial charge in [0.05, 0.1) is 6.54 Å². The summed E-state index contributed by atoms with van der Waals surface area (Å²) in [6.45, 7) is 8.18. The zero-order valence-corrected chi connectivity index (χ0v) is 16.0. The van der Waals surface area contributed by atoms with Crippen molar-refractivity contribution in [3.63, 3.8) is 0 Å². The van der Waals surface area contributed by atoms with Gasteiger partial charge in [-0.1, -0.05) is 12.1 Å². The fourth-order valence-electron chi connectivity index (χ4n) is 3.38. The van der Waals surface area contributed by atoms with E-state index in [0.29, 0.717) is 13.1 Å². The molecular formula is C20H25N3O4. The van der Waals surface area contributed by atoms with Gasteiger partial charge in [0.15, 0.2) is 11.5 Å². The van der Waals surface area contributed by atoms with Crippen molar-refractivity contribution in [3.8, 4) is 22.8 Å². The highest BCUT2D eigenvalue weighted by Crippen LogP contribution is 2.38. The van der Waals surface area contributed by atoms with E-state index in [9.17, 15) is 4.79 Å². The lowest BCUT2D eigenvalue weighted by Gasteiger charge is -2.29. The summed E-state index contributed by atoms with van der Waals surface area (Å²) in [7, 11) is 0. The number of benzene rings is 1. The summed E-state index contributed by atoms with van der Waals surface area (Å²) in [5.74, 6) is 2.41. The first-order valence-corrected chi connectivity index (χ1v) is 9.36. The number of carbonyl (C=O) groups excluding carboxylic acids is 1. The van der Waals surface area contributed by atoms with Crippen molar-refractivity contribution in [1.29, 1.82) is 0 Å². The Labute approximate surface area is 158 Å². The first-order chi connectivity index (χ1) is 12.9. The number of hydrogen-bond donors (Lipinski definition) is 1. The molecule has 0 saturated heterocycles. The standard InChI is InChI=1S/C20H25N3O4/c1-4-20(2,3)21-18(24)11-23-8-7-15-14(10-23)19(22-27-15)13-5-6-16-17(9-13)26-12-25-16/h5-6,9H,4,7-8,10-12H2,1-3H3,(H,21,24). The predicted molar refractivity (Wildman–Crippen MR) is 99.6 cm³/mol. The van der Waals surface area contributed by atoms with Crippen molar-refractivity contribution in [1.82, 2.24) is 15.4 Å². The smallest absolute Gasteiger partial charge is 0.234 e. The van der Waals surface area contributed by atoms with Gasteiger partial charge in [-0.25, -0.2) is 0 Å². The Morgan fingerprint density at radius 2 is 2.11 bits per heavy atom. The molecule has 0 atom stereocenters. The fraction of sp³-hybridized carbons (Fsp3) is 0.500. The SMILES string of the molecule is CCC(C)(C)NC(=O)CN1CCc2onc(-c3ccc4c(c3)OCO4)c2C1. The summed E-state index contributed by atoms with van der Waals surface area (Å²) in [6, 6.07) is 5.77. The lowest BCUT2D eigenvalue weighted by Crippen LogP contribution is -2.48. The Balaban J connectivity index is 1.50. The summed E-state index contributed by atoms with van der Waals surface area (Å²) < 4.78 is 16.4. The van der Waals surface area contributed by atoms with Crippen LogP contribution >= 0.6 is 0 Å². The fourth-order valence-corrected chi connectivity index (χ4v) is 3.38. The largest absolute Gasteiger partial charge is 0.454 e. The maximum atomic E-state index is 12.4. The molecule has 1 aromatic heterocycles. The van der Waals surface area contributed by atoms with Crippen molar-refractivity contribution in [3.05, 3.63) is 29.5 Å². The minimum Gasteiger partial charge on any atom is -0.454 e. The van der Waals surface area contributed by atoms with Gasteiger partial charge in [-0.15, -0.1) is 0 Å². The molecule has 0 aliphatic carbocycles. The van der Waals surface area contributed by atoms with E-state index in [1.807, 2.05) is 32.0 Å². The summed E-state index contributed by atoms with van der Waals surface area (Å²) in [4.78, 5) is 14.5. The summed E-state index contributed by atoms with van der Waals surface area (Å²) in [5, 5.41) is 7.38. The van der Waals surface area contributed by atoms with E-state index in [-0.39, 0.29) is 18.2 Å². The molecule has 7 nitrogen and oxygen atoms in total. The van der Waals surface area contributed by atoms with Crippen molar-refractivity contribution < 1.29 is 18.8 Å². The number of ether oxygens (including phenoxy) is 2. The van der Waals surface area contributed by atoms with Crippen molar-refractivity contribution >= 4 is 5.91 Å². The first-order valence-electron chi connectivity index (χ1n) is 9.36. The van der Waals surface area contributed by atoms with Gasteiger partial charge >= 0.3 is 0 Å². The predicted octanol–water partition coefficient (Wildman–Crippen LogP) is 2.73. The molecule has 4 rings (SSSR count). The Kier molecular flexibility index (Phi) is 4.55. The average molecular weight is 371 g/mol. The van der Waals surface area contributed by atoms with E-state index >= 15 is 0 Å². The third kappa shape index (κ3) is 3.64. The van der Waals surface area contributed by atoms with Crippen LogP contribution in [-0.4, -0.2) is 41.4 Å². The van der Waals surface area contributed by atoms with E-state index < -0.39 is 0 Å². The number of nitrogens with one attached hydrogen (secondary N) is 1. The lowest BCUT2D eigenvalue weighted by atomic mass is 10.0. The molecule has 0 radical (unpaired) electrons. The average Bonchev–Trinajstić information content (AvgIpc) is 3.26. The zero-order chi connectivity index (χ0) is 19.0. The van der Waals surface area contributed by atoms with Gasteiger partial charge in [0.2, 0.25) is 12.7 Å². The van der Waals surface area contributed by atoms with E-state index in [1.54, 1.807) is 0 Å². The highest BCUT2D eigenvalue weighted by molar-refractivity contribution is 5.79. The van der Waals surface area contributed by atoms with Crippen LogP contribution in [0.4, 0.5) is 0 Å². The number of nitrogens with zero attached hydrogens (tertiary/aromatic N) is 2. The second kappa shape index (κ2) is 6.88. The molecule has 3 heterocycles. The van der Waals surface area contributed by atoms with Gasteiger partial charge in [0.1, 0.15) is 11.5 Å². The number of rotatable bonds is 5. The molecular weight excluding hydrogens is 346 g/mol. The van der Waals surface area contributed by atoms with Gasteiger partial charge in [0, 0.05) is 36.2 Å². The van der Waals surface area contributed by atoms with E-state index in [1.165, 1.54) is 0 Å². The zero-order valence-electron chi connectivity index (χ0n) is 16.0. The van der Waals surface area contributed by atoms with Gasteiger partial charge in [-0.2, -0.15) is 0 Å². The first kappa shape index (κ1) is 17.9. The van der Waals surface area contributed by atoms with Crippen LogP contribution < -0.4 is 14.8 Å². The molecule has 0 bridgehead atoms. The molecule has 2 aliphatic rings. The Morgan fingerprint density at radius 1 is 1.30 bits per heavy atom. The summed E-state index contributed by atoms with van der Waals surface area (Å²) >= 11 is 0. The van der Waals surface area contributed by atoms with Gasteiger partial charge in [-0.3, -0.25) is 9.69 Å². The van der Waals surface area contributed by atoms with Crippen molar-refractivity contribution in [2.24, 2.45) is 0 Å². The second-order valence-corrected chi connectivity index (χ2v) is 7.75. The molecule has 0 spiro atoms. The van der Waals surface area contributed by atoms with Crippen molar-refractivity contribution in [2.75, 3.05) is 19.9 Å². The van der Waals surface area contributed by atoms with Crippen molar-refractivity contribution in [2.45, 2.75) is 45.7 Å². The number of fused-ring (bicyclic) bond motifs is 2. The van der Waals surface area contributed by atoms with E-state index in [2.05, 4.69) is 22.3 Å². The van der Waals surface area contributed by atoms with Crippen LogP contribution in [0.2, 0.25) is 0 Å². The third-order valence-electron chi connectivity index (χ3n) is 5.28. The molecule has 1 N–H and O–H groups in total. The number of carbonyl (C=O) groups is 1. The highest BCUT2D eigenvalue weighted by atomic mass is 16.7. The lowest BCUT2D eigenvalue weighted by molar-refractivity contribution is -0.124. The van der Waals surface area contributed by atoms with Crippen LogP contribution in [0.3, 0.4) is 0 Å². The van der Waals surface area contributed by atoms with E-state index in [0.717, 1.165) is 53.5 Å². The molecule has 0 fully saturated rings. The monoisotopic (exact) mass is 371 g/mol. The minimum atomic E-state index is -0.188. The molecule has 144 valence electrons. The minimum absolute atomic E-state index is 0.0476. The van der Waals surface area contributed by atoms with E-state index in [4.69, 9.17) is 14.0 Å². The second-order valence-electron chi connectivity index (χ2n) is 7.75. The topological polar surface area (TPSA) is 76.8 Å². The van der Waals surface area contributed by atoms with Crippen LogP contribution in [-0.2, 0) is 17.8 Å². The molecule has 27 heavy (non-hydrogen) atoms. The van der Waals surface area contributed by atoms with Crippen LogP contribution in [0, 0.1) is 0 Å². The quantitative estimate of drug-likeness (QED) is 0.871. The maximum Gasteiger partial charge on any atom is 0.234 e. The van der Waals surface area contributed by atoms with Gasteiger partial charge in [0.25, 0.3) is 0 Å². The molecule has 2 aliphatic heterocycles. The molecule has 7 heteroatoms. The molecule has 0 unspecified atom stereocenters. The summed E-state index contributed by atoms with van der Waals surface area (Å²) in [6.07, 6.45) is 1.64. The number of amides is 1. The van der Waals surface area contributed by atoms with Crippen LogP contribution in [0.25, 0.3) is 11.3 Å². The van der Waals surface area contributed by atoms with Crippen LogP contribution in [0.15, 0.2) is 22.7 Å². The number of aromatic nitrogens is 1. The van der Waals surface area contributed by atoms with Gasteiger partial charge in [-0.05, 0) is 38.5 Å². The Bertz CT molecular complexity index is 859. The van der Waals surface area contributed by atoms with Crippen LogP contribution in [0.5, 0.6) is 11.5 Å². The third-order valence-corrected chi connectivity index (χ3v) is 5.28. The molecule has 1 aromatic carbocycles. The normalized spacial score (nSPS) is 16.3. The van der Waals surface area contributed by atoms with Gasteiger partial charge < -0.3 is 19.3 Å². The Morgan fingerprint density at radius 3 is 2.93 bits per heavy atom. The number of hydrogen-bond acceptors (Lipinski definition) is 6.